The van der Waals surface area contributed by atoms with Crippen LogP contribution in [-0.2, 0) is 16.6 Å². The molecule has 0 heterocycles. The van der Waals surface area contributed by atoms with Gasteiger partial charge in [-0.1, -0.05) is 18.5 Å². The maximum Gasteiger partial charge on any atom is 0.240 e. The summed E-state index contributed by atoms with van der Waals surface area (Å²) in [4.78, 5) is -0.0845. The highest BCUT2D eigenvalue weighted by Gasteiger charge is 2.36. The topological polar surface area (TPSA) is 58.2 Å². The van der Waals surface area contributed by atoms with E-state index in [1.807, 2.05) is 6.92 Å². The van der Waals surface area contributed by atoms with Crippen molar-refractivity contribution < 1.29 is 12.8 Å². The first-order valence-electron chi connectivity index (χ1n) is 6.00. The maximum absolute atomic E-state index is 13.7. The lowest BCUT2D eigenvalue weighted by atomic mass is 10.2. The number of hydrogen-bond donors (Lipinski definition) is 2. The molecule has 0 saturated heterocycles. The largest absolute Gasteiger partial charge is 0.316 e. The van der Waals surface area contributed by atoms with Crippen LogP contribution in [0.5, 0.6) is 0 Å². The first-order chi connectivity index (χ1) is 8.85. The fourth-order valence-corrected chi connectivity index (χ4v) is 3.44. The van der Waals surface area contributed by atoms with Gasteiger partial charge in [0.1, 0.15) is 5.82 Å². The highest BCUT2D eigenvalue weighted by atomic mass is 35.5. The van der Waals surface area contributed by atoms with Gasteiger partial charge in [0.15, 0.2) is 0 Å². The second-order valence-electron chi connectivity index (χ2n) is 4.85. The molecule has 4 nitrogen and oxygen atoms in total. The lowest BCUT2D eigenvalue weighted by Crippen LogP contribution is -2.27. The fourth-order valence-electron chi connectivity index (χ4n) is 1.85. The van der Waals surface area contributed by atoms with Gasteiger partial charge in [-0.2, -0.15) is 0 Å². The van der Waals surface area contributed by atoms with Crippen molar-refractivity contribution in [3.05, 3.63) is 28.5 Å². The van der Waals surface area contributed by atoms with Gasteiger partial charge < -0.3 is 5.32 Å². The molecule has 1 saturated carbocycles. The Labute approximate surface area is 117 Å². The zero-order valence-corrected chi connectivity index (χ0v) is 12.3. The Hall–Kier alpha value is -0.690. The van der Waals surface area contributed by atoms with Gasteiger partial charge in [-0.05, 0) is 37.1 Å². The molecule has 7 heteroatoms. The van der Waals surface area contributed by atoms with Gasteiger partial charge in [0, 0.05) is 12.6 Å². The number of nitrogens with one attached hydrogen (secondary N) is 2. The monoisotopic (exact) mass is 306 g/mol. The molecule has 1 aliphatic rings. The average molecular weight is 307 g/mol. The predicted molar refractivity (Wildman–Crippen MR) is 72.1 cm³/mol. The van der Waals surface area contributed by atoms with E-state index in [0.29, 0.717) is 18.0 Å². The van der Waals surface area contributed by atoms with Crippen LogP contribution < -0.4 is 10.0 Å². The molecule has 1 fully saturated rings. The number of halogens is 2. The lowest BCUT2D eigenvalue weighted by molar-refractivity contribution is 0.573. The van der Waals surface area contributed by atoms with Gasteiger partial charge in [0.05, 0.1) is 9.92 Å². The Morgan fingerprint density at radius 1 is 1.47 bits per heavy atom. The molecule has 0 aromatic heterocycles. The van der Waals surface area contributed by atoms with Crippen LogP contribution in [0.3, 0.4) is 0 Å². The van der Waals surface area contributed by atoms with Crippen molar-refractivity contribution in [3.8, 4) is 0 Å². The van der Waals surface area contributed by atoms with Crippen LogP contribution in [0.15, 0.2) is 17.0 Å². The highest BCUT2D eigenvalue weighted by molar-refractivity contribution is 7.89. The summed E-state index contributed by atoms with van der Waals surface area (Å²) in [5, 5.41) is 2.78. The molecule has 0 radical (unpaired) electrons. The Morgan fingerprint density at radius 2 is 2.11 bits per heavy atom. The van der Waals surface area contributed by atoms with E-state index in [1.54, 1.807) is 7.05 Å². The Kier molecular flexibility index (Phi) is 4.15. The van der Waals surface area contributed by atoms with E-state index in [-0.39, 0.29) is 16.0 Å². The van der Waals surface area contributed by atoms with Crippen LogP contribution in [0.4, 0.5) is 4.39 Å². The number of rotatable bonds is 5. The molecule has 1 aromatic carbocycles. The van der Waals surface area contributed by atoms with E-state index in [0.717, 1.165) is 12.5 Å². The van der Waals surface area contributed by atoms with Gasteiger partial charge >= 0.3 is 0 Å². The molecule has 0 amide bonds. The summed E-state index contributed by atoms with van der Waals surface area (Å²) in [5.41, 5.74) is 0.424. The molecular weight excluding hydrogens is 291 g/mol. The molecule has 0 spiro atoms. The van der Waals surface area contributed by atoms with Gasteiger partial charge in [0.2, 0.25) is 10.0 Å². The molecule has 1 aromatic rings. The fraction of sp³-hybridized carbons (Fsp3) is 0.500. The summed E-state index contributed by atoms with van der Waals surface area (Å²) in [5.74, 6) is -0.387. The van der Waals surface area contributed by atoms with Crippen molar-refractivity contribution >= 4 is 21.6 Å². The Morgan fingerprint density at radius 3 is 2.63 bits per heavy atom. The standard InChI is InChI=1S/C12H16ClFN2O2S/c1-7-3-11(7)16-19(17,18)9-4-8(6-15-2)12(13)10(14)5-9/h4-5,7,11,15-16H,3,6H2,1-2H3. The first kappa shape index (κ1) is 14.7. The molecule has 106 valence electrons. The molecular formula is C12H16ClFN2O2S. The Balaban J connectivity index is 2.33. The number of sulfonamides is 1. The zero-order chi connectivity index (χ0) is 14.2. The van der Waals surface area contributed by atoms with Gasteiger partial charge in [-0.3, -0.25) is 0 Å². The van der Waals surface area contributed by atoms with Crippen molar-refractivity contribution in [3.63, 3.8) is 0 Å². The summed E-state index contributed by atoms with van der Waals surface area (Å²) < 4.78 is 40.4. The minimum atomic E-state index is -3.69. The lowest BCUT2D eigenvalue weighted by Gasteiger charge is -2.10. The number of benzene rings is 1. The van der Waals surface area contributed by atoms with E-state index >= 15 is 0 Å². The summed E-state index contributed by atoms with van der Waals surface area (Å²) >= 11 is 5.81. The summed E-state index contributed by atoms with van der Waals surface area (Å²) in [6.45, 7) is 2.26. The predicted octanol–water partition coefficient (Wildman–Crippen LogP) is 1.89. The van der Waals surface area contributed by atoms with Crippen LogP contribution in [0.2, 0.25) is 5.02 Å². The molecule has 2 unspecified atom stereocenters. The summed E-state index contributed by atoms with van der Waals surface area (Å²) in [6, 6.07) is 2.31. The van der Waals surface area contributed by atoms with E-state index in [2.05, 4.69) is 10.0 Å². The third-order valence-electron chi connectivity index (χ3n) is 3.17. The molecule has 2 atom stereocenters. The van der Waals surface area contributed by atoms with Gasteiger partial charge in [-0.15, -0.1) is 0 Å². The van der Waals surface area contributed by atoms with Crippen molar-refractivity contribution in [1.82, 2.24) is 10.0 Å². The third-order valence-corrected chi connectivity index (χ3v) is 5.06. The third kappa shape index (κ3) is 3.25. The molecule has 19 heavy (non-hydrogen) atoms. The zero-order valence-electron chi connectivity index (χ0n) is 10.7. The molecule has 2 N–H and O–H groups in total. The summed E-state index contributed by atoms with van der Waals surface area (Å²) in [7, 11) is -2.01. The molecule has 1 aliphatic carbocycles. The van der Waals surface area contributed by atoms with Crippen molar-refractivity contribution in [2.45, 2.75) is 30.8 Å². The minimum Gasteiger partial charge on any atom is -0.316 e. The van der Waals surface area contributed by atoms with E-state index in [9.17, 15) is 12.8 Å². The van der Waals surface area contributed by atoms with E-state index in [1.165, 1.54) is 6.07 Å². The quantitative estimate of drug-likeness (QED) is 0.873. The second-order valence-corrected chi connectivity index (χ2v) is 6.94. The molecule has 2 rings (SSSR count). The van der Waals surface area contributed by atoms with Crippen molar-refractivity contribution in [2.75, 3.05) is 7.05 Å². The Bertz CT molecular complexity index is 592. The molecule has 0 aliphatic heterocycles. The smallest absolute Gasteiger partial charge is 0.240 e. The minimum absolute atomic E-state index is 0.0449. The van der Waals surface area contributed by atoms with E-state index < -0.39 is 15.8 Å². The van der Waals surface area contributed by atoms with Gasteiger partial charge in [-0.25, -0.2) is 17.5 Å². The van der Waals surface area contributed by atoms with Crippen LogP contribution in [-0.4, -0.2) is 21.5 Å². The molecule has 0 bridgehead atoms. The highest BCUT2D eigenvalue weighted by Crippen LogP contribution is 2.31. The van der Waals surface area contributed by atoms with Crippen molar-refractivity contribution in [2.24, 2.45) is 5.92 Å². The first-order valence-corrected chi connectivity index (χ1v) is 7.86. The number of hydrogen-bond acceptors (Lipinski definition) is 3. The van der Waals surface area contributed by atoms with Crippen LogP contribution >= 0.6 is 11.6 Å². The normalized spacial score (nSPS) is 22.5. The van der Waals surface area contributed by atoms with E-state index in [4.69, 9.17) is 11.6 Å². The SMILES string of the molecule is CNCc1cc(S(=O)(=O)NC2CC2C)cc(F)c1Cl. The maximum atomic E-state index is 13.7. The van der Waals surface area contributed by atoms with Gasteiger partial charge in [0.25, 0.3) is 0 Å². The van der Waals surface area contributed by atoms with Crippen LogP contribution in [0.25, 0.3) is 0 Å². The van der Waals surface area contributed by atoms with Crippen LogP contribution in [0, 0.1) is 11.7 Å². The van der Waals surface area contributed by atoms with Crippen molar-refractivity contribution in [1.29, 1.82) is 0 Å². The van der Waals surface area contributed by atoms with Crippen LogP contribution in [0.1, 0.15) is 18.9 Å². The average Bonchev–Trinajstić information content (AvgIpc) is 2.99. The summed E-state index contributed by atoms with van der Waals surface area (Å²) in [6.07, 6.45) is 0.818. The second kappa shape index (κ2) is 5.36.